The second kappa shape index (κ2) is 9.39. The summed E-state index contributed by atoms with van der Waals surface area (Å²) in [7, 11) is 0. The highest BCUT2D eigenvalue weighted by atomic mass is 35.5. The van der Waals surface area contributed by atoms with Crippen LogP contribution >= 0.6 is 11.6 Å². The van der Waals surface area contributed by atoms with Gasteiger partial charge >= 0.3 is 0 Å². The largest absolute Gasteiger partial charge is 0.338 e. The molecule has 0 spiro atoms. The maximum atomic E-state index is 12.7. The van der Waals surface area contributed by atoms with Crippen molar-refractivity contribution in [3.05, 3.63) is 64.7 Å². The average Bonchev–Trinajstić information content (AvgIpc) is 2.60. The summed E-state index contributed by atoms with van der Waals surface area (Å²) < 4.78 is 0. The smallest absolute Gasteiger partial charge is 0.228 e. The Morgan fingerprint density at radius 3 is 2.42 bits per heavy atom. The van der Waals surface area contributed by atoms with Crippen molar-refractivity contribution in [3.63, 3.8) is 0 Å². The van der Waals surface area contributed by atoms with Crippen molar-refractivity contribution in [1.29, 1.82) is 0 Å². The normalized spacial score (nSPS) is 10.5. The van der Waals surface area contributed by atoms with Crippen LogP contribution in [0.1, 0.15) is 31.4 Å². The molecular formula is C21H25ClN2O2. The summed E-state index contributed by atoms with van der Waals surface area (Å²) >= 11 is 6.19. The van der Waals surface area contributed by atoms with Crippen LogP contribution in [0.4, 0.5) is 5.69 Å². The van der Waals surface area contributed by atoms with E-state index in [-0.39, 0.29) is 18.2 Å². The van der Waals surface area contributed by atoms with Crippen LogP contribution in [0.2, 0.25) is 5.02 Å². The first-order chi connectivity index (χ1) is 12.4. The Kier molecular flexibility index (Phi) is 7.22. The molecule has 138 valence electrons. The lowest BCUT2D eigenvalue weighted by Gasteiger charge is -2.25. The number of hydrogen-bond donors (Lipinski definition) is 0. The van der Waals surface area contributed by atoms with E-state index in [9.17, 15) is 9.59 Å². The highest BCUT2D eigenvalue weighted by Gasteiger charge is 2.17. The van der Waals surface area contributed by atoms with E-state index in [1.807, 2.05) is 56.3 Å². The van der Waals surface area contributed by atoms with Gasteiger partial charge in [0, 0.05) is 43.7 Å². The summed E-state index contributed by atoms with van der Waals surface area (Å²) in [4.78, 5) is 28.1. The Labute approximate surface area is 160 Å². The molecular weight excluding hydrogens is 348 g/mol. The van der Waals surface area contributed by atoms with Crippen LogP contribution in [-0.4, -0.2) is 29.8 Å². The molecule has 0 N–H and O–H groups in total. The SMILES string of the molecule is CCN(C(=O)CCN(Cc1ccccc1Cl)C(C)=O)c1cccc(C)c1. The molecule has 0 bridgehead atoms. The molecule has 2 aromatic carbocycles. The van der Waals surface area contributed by atoms with E-state index in [2.05, 4.69) is 0 Å². The summed E-state index contributed by atoms with van der Waals surface area (Å²) in [5, 5.41) is 0.625. The molecule has 0 saturated heterocycles. The van der Waals surface area contributed by atoms with E-state index in [1.165, 1.54) is 6.92 Å². The highest BCUT2D eigenvalue weighted by molar-refractivity contribution is 6.31. The molecule has 0 aliphatic carbocycles. The number of carbonyl (C=O) groups excluding carboxylic acids is 2. The molecule has 2 amide bonds. The van der Waals surface area contributed by atoms with Gasteiger partial charge in [0.2, 0.25) is 11.8 Å². The van der Waals surface area contributed by atoms with Crippen molar-refractivity contribution >= 4 is 29.1 Å². The van der Waals surface area contributed by atoms with Crippen LogP contribution in [0, 0.1) is 6.92 Å². The number of aryl methyl sites for hydroxylation is 1. The molecule has 0 unspecified atom stereocenters. The first kappa shape index (κ1) is 20.0. The monoisotopic (exact) mass is 372 g/mol. The molecule has 0 radical (unpaired) electrons. The third-order valence-corrected chi connectivity index (χ3v) is 4.66. The van der Waals surface area contributed by atoms with Crippen LogP contribution in [0.3, 0.4) is 0 Å². The number of amides is 2. The fourth-order valence-electron chi connectivity index (χ4n) is 2.84. The Bertz CT molecular complexity index is 776. The molecule has 0 aliphatic heterocycles. The number of hydrogen-bond acceptors (Lipinski definition) is 2. The zero-order valence-corrected chi connectivity index (χ0v) is 16.3. The van der Waals surface area contributed by atoms with Gasteiger partial charge in [-0.3, -0.25) is 9.59 Å². The standard InChI is InChI=1S/C21H25ClN2O2/c1-4-24(19-10-7-8-16(2)14-19)21(26)12-13-23(17(3)25)15-18-9-5-6-11-20(18)22/h5-11,14H,4,12-13,15H2,1-3H3. The fraction of sp³-hybridized carbons (Fsp3) is 0.333. The number of carbonyl (C=O) groups is 2. The Morgan fingerprint density at radius 1 is 1.08 bits per heavy atom. The quantitative estimate of drug-likeness (QED) is 0.720. The molecule has 26 heavy (non-hydrogen) atoms. The zero-order chi connectivity index (χ0) is 19.1. The lowest BCUT2D eigenvalue weighted by Crippen LogP contribution is -2.36. The maximum absolute atomic E-state index is 12.7. The van der Waals surface area contributed by atoms with E-state index < -0.39 is 0 Å². The Hall–Kier alpha value is -2.33. The second-order valence-corrected chi connectivity index (χ2v) is 6.67. The molecule has 0 atom stereocenters. The maximum Gasteiger partial charge on any atom is 0.228 e. The minimum absolute atomic E-state index is 0.00325. The summed E-state index contributed by atoms with van der Waals surface area (Å²) in [5.74, 6) is -0.0696. The molecule has 2 aromatic rings. The summed E-state index contributed by atoms with van der Waals surface area (Å²) in [6, 6.07) is 15.3. The van der Waals surface area contributed by atoms with Gasteiger partial charge in [0.15, 0.2) is 0 Å². The van der Waals surface area contributed by atoms with E-state index in [0.717, 1.165) is 16.8 Å². The molecule has 0 heterocycles. The van der Waals surface area contributed by atoms with Crippen molar-refractivity contribution < 1.29 is 9.59 Å². The van der Waals surface area contributed by atoms with Crippen LogP contribution in [0.25, 0.3) is 0 Å². The molecule has 0 aromatic heterocycles. The minimum atomic E-state index is -0.0728. The summed E-state index contributed by atoms with van der Waals surface area (Å²) in [6.07, 6.45) is 0.270. The van der Waals surface area contributed by atoms with E-state index in [0.29, 0.717) is 24.7 Å². The van der Waals surface area contributed by atoms with Gasteiger partial charge in [0.25, 0.3) is 0 Å². The molecule has 0 aliphatic rings. The first-order valence-corrected chi connectivity index (χ1v) is 9.16. The fourth-order valence-corrected chi connectivity index (χ4v) is 3.04. The number of anilines is 1. The van der Waals surface area contributed by atoms with Crippen LogP contribution in [0.15, 0.2) is 48.5 Å². The van der Waals surface area contributed by atoms with Crippen molar-refractivity contribution in [2.24, 2.45) is 0 Å². The molecule has 5 heteroatoms. The van der Waals surface area contributed by atoms with E-state index >= 15 is 0 Å². The van der Waals surface area contributed by atoms with Crippen molar-refractivity contribution in [2.45, 2.75) is 33.7 Å². The topological polar surface area (TPSA) is 40.6 Å². The van der Waals surface area contributed by atoms with Gasteiger partial charge in [-0.2, -0.15) is 0 Å². The number of halogens is 1. The second-order valence-electron chi connectivity index (χ2n) is 6.26. The van der Waals surface area contributed by atoms with Gasteiger partial charge in [0.1, 0.15) is 0 Å². The average molecular weight is 373 g/mol. The third kappa shape index (κ3) is 5.33. The summed E-state index contributed by atoms with van der Waals surface area (Å²) in [6.45, 7) is 6.82. The van der Waals surface area contributed by atoms with Crippen molar-refractivity contribution in [3.8, 4) is 0 Å². The van der Waals surface area contributed by atoms with Gasteiger partial charge in [-0.15, -0.1) is 0 Å². The van der Waals surface area contributed by atoms with Crippen molar-refractivity contribution in [1.82, 2.24) is 4.90 Å². The van der Waals surface area contributed by atoms with E-state index in [1.54, 1.807) is 15.9 Å². The Morgan fingerprint density at radius 2 is 1.81 bits per heavy atom. The predicted octanol–water partition coefficient (Wildman–Crippen LogP) is 4.44. The predicted molar refractivity (Wildman–Crippen MR) is 106 cm³/mol. The van der Waals surface area contributed by atoms with E-state index in [4.69, 9.17) is 11.6 Å². The summed E-state index contributed by atoms with van der Waals surface area (Å²) in [5.41, 5.74) is 2.87. The van der Waals surface area contributed by atoms with Gasteiger partial charge in [-0.1, -0.05) is 41.9 Å². The van der Waals surface area contributed by atoms with Crippen LogP contribution in [-0.2, 0) is 16.1 Å². The molecule has 0 saturated carbocycles. The number of rotatable bonds is 7. The molecule has 4 nitrogen and oxygen atoms in total. The van der Waals surface area contributed by atoms with Gasteiger partial charge < -0.3 is 9.80 Å². The first-order valence-electron chi connectivity index (χ1n) is 8.78. The zero-order valence-electron chi connectivity index (χ0n) is 15.5. The lowest BCUT2D eigenvalue weighted by atomic mass is 10.2. The minimum Gasteiger partial charge on any atom is -0.338 e. The van der Waals surface area contributed by atoms with Gasteiger partial charge in [-0.05, 0) is 43.2 Å². The lowest BCUT2D eigenvalue weighted by molar-refractivity contribution is -0.130. The van der Waals surface area contributed by atoms with Crippen molar-refractivity contribution in [2.75, 3.05) is 18.0 Å². The Balaban J connectivity index is 2.04. The number of nitrogens with zero attached hydrogens (tertiary/aromatic N) is 2. The van der Waals surface area contributed by atoms with Gasteiger partial charge in [0.05, 0.1) is 0 Å². The number of benzene rings is 2. The third-order valence-electron chi connectivity index (χ3n) is 4.29. The van der Waals surface area contributed by atoms with Crippen LogP contribution < -0.4 is 4.90 Å². The molecule has 0 fully saturated rings. The molecule has 2 rings (SSSR count). The van der Waals surface area contributed by atoms with Gasteiger partial charge in [-0.25, -0.2) is 0 Å². The van der Waals surface area contributed by atoms with Crippen LogP contribution in [0.5, 0.6) is 0 Å². The highest BCUT2D eigenvalue weighted by Crippen LogP contribution is 2.19.